The molecule has 0 radical (unpaired) electrons. The summed E-state index contributed by atoms with van der Waals surface area (Å²) in [6, 6.07) is 2.60. The molecule has 3 aliphatic rings. The summed E-state index contributed by atoms with van der Waals surface area (Å²) in [5, 5.41) is 0. The molecule has 1 N–H and O–H groups in total. The van der Waals surface area contributed by atoms with Crippen LogP contribution >= 0.6 is 0 Å². The van der Waals surface area contributed by atoms with Gasteiger partial charge in [-0.15, -0.1) is 0 Å². The average molecular weight is 572 g/mol. The number of esters is 3. The third-order valence-corrected chi connectivity index (χ3v) is 7.99. The Morgan fingerprint density at radius 2 is 1.74 bits per heavy atom. The molecule has 38 heavy (non-hydrogen) atoms. The fourth-order valence-corrected chi connectivity index (χ4v) is 6.41. The first-order valence-electron chi connectivity index (χ1n) is 11.3. The van der Waals surface area contributed by atoms with Crippen molar-refractivity contribution in [3.8, 4) is 5.75 Å². The summed E-state index contributed by atoms with van der Waals surface area (Å²) in [5.41, 5.74) is -6.26. The van der Waals surface area contributed by atoms with Crippen LogP contribution in [0.15, 0.2) is 18.2 Å². The van der Waals surface area contributed by atoms with Crippen molar-refractivity contribution in [3.05, 3.63) is 29.3 Å². The second-order valence-corrected chi connectivity index (χ2v) is 10.9. The number of benzene rings is 1. The molecule has 5 atom stereocenters. The summed E-state index contributed by atoms with van der Waals surface area (Å²) in [6.07, 6.45) is -12.1. The Morgan fingerprint density at radius 3 is 2.29 bits per heavy atom. The third-order valence-electron chi connectivity index (χ3n) is 7.22. The number of alkyl halides is 6. The lowest BCUT2D eigenvalue weighted by molar-refractivity contribution is -0.356. The first kappa shape index (κ1) is 28.2. The van der Waals surface area contributed by atoms with E-state index in [1.54, 1.807) is 7.85 Å². The molecular weight excluding hydrogens is 553 g/mol. The molecule has 1 saturated heterocycles. The van der Waals surface area contributed by atoms with Gasteiger partial charge < -0.3 is 14.2 Å². The van der Waals surface area contributed by atoms with Crippen LogP contribution in [-0.2, 0) is 35.5 Å². The molecule has 0 amide bonds. The third kappa shape index (κ3) is 4.74. The highest BCUT2D eigenvalue weighted by atomic mass is 32.2. The molecular formula is C21H19BF6O9S. The molecule has 1 aliphatic heterocycles. The minimum Gasteiger partial charge on any atom is -0.462 e. The van der Waals surface area contributed by atoms with Crippen molar-refractivity contribution in [1.82, 2.24) is 0 Å². The minimum atomic E-state index is -6.50. The van der Waals surface area contributed by atoms with Gasteiger partial charge in [-0.1, -0.05) is 12.4 Å². The molecule has 5 unspecified atom stereocenters. The highest BCUT2D eigenvalue weighted by Crippen LogP contribution is 2.58. The molecule has 4 rings (SSSR count). The van der Waals surface area contributed by atoms with Crippen molar-refractivity contribution in [2.24, 2.45) is 23.7 Å². The molecule has 2 saturated carbocycles. The van der Waals surface area contributed by atoms with E-state index in [4.69, 9.17) is 14.0 Å². The number of halogens is 6. The van der Waals surface area contributed by atoms with E-state index >= 15 is 0 Å². The van der Waals surface area contributed by atoms with Crippen molar-refractivity contribution in [2.45, 2.75) is 43.2 Å². The van der Waals surface area contributed by atoms with Gasteiger partial charge in [0.05, 0.1) is 17.4 Å². The summed E-state index contributed by atoms with van der Waals surface area (Å²) >= 11 is 0. The Kier molecular flexibility index (Phi) is 6.78. The Labute approximate surface area is 211 Å². The molecule has 2 bridgehead atoms. The number of carbonyl (C=O) groups is 3. The van der Waals surface area contributed by atoms with Crippen molar-refractivity contribution < 1.29 is 67.9 Å². The Balaban J connectivity index is 1.63. The lowest BCUT2D eigenvalue weighted by Gasteiger charge is -2.35. The van der Waals surface area contributed by atoms with Crippen LogP contribution in [0, 0.1) is 23.7 Å². The van der Waals surface area contributed by atoms with Crippen LogP contribution in [0.25, 0.3) is 0 Å². The fourth-order valence-electron chi connectivity index (χ4n) is 5.51. The van der Waals surface area contributed by atoms with Gasteiger partial charge in [0.1, 0.15) is 25.5 Å². The van der Waals surface area contributed by atoms with E-state index in [0.717, 1.165) is 12.1 Å². The number of fused-ring (bicyclic) bond motifs is 1. The summed E-state index contributed by atoms with van der Waals surface area (Å²) < 4.78 is 126. The number of ether oxygens (including phenoxy) is 3. The van der Waals surface area contributed by atoms with Crippen molar-refractivity contribution in [2.75, 3.05) is 5.75 Å². The van der Waals surface area contributed by atoms with Gasteiger partial charge in [0.25, 0.3) is 10.1 Å². The van der Waals surface area contributed by atoms with Gasteiger partial charge in [-0.2, -0.15) is 34.8 Å². The van der Waals surface area contributed by atoms with Gasteiger partial charge in [0.2, 0.25) is 0 Å². The first-order chi connectivity index (χ1) is 17.4. The monoisotopic (exact) mass is 572 g/mol. The van der Waals surface area contributed by atoms with Crippen LogP contribution in [0.2, 0.25) is 0 Å². The average Bonchev–Trinajstić information content (AvgIpc) is 3.39. The fraction of sp³-hybridized carbons (Fsp3) is 0.571. The standard InChI is InChI=1S/C21H19BF6O9S/c22-6-9-2-1-8(16(29)37-19(20(23,24)25,21(26,27)28)7-38(32,33)34)4-12(9)35-17(30)14-10-3-11-13(5-10)36-18(31)15(11)14/h1-2,4,10-11,13-15H,3,5-7,22H2,(H,32,33,34). The molecule has 0 aromatic heterocycles. The summed E-state index contributed by atoms with van der Waals surface area (Å²) in [7, 11) is -4.37. The van der Waals surface area contributed by atoms with Gasteiger partial charge in [-0.05, 0) is 36.5 Å². The topological polar surface area (TPSA) is 133 Å². The quantitative estimate of drug-likeness (QED) is 0.171. The highest BCUT2D eigenvalue weighted by molar-refractivity contribution is 7.85. The SMILES string of the molecule is BCc1ccc(C(=O)OC(CS(=O)(=O)O)(C(F)(F)F)C(F)(F)F)cc1OC(=O)C1C2CC3OC(=O)C1C3C2. The summed E-state index contributed by atoms with van der Waals surface area (Å²) in [6.45, 7) is 0. The van der Waals surface area contributed by atoms with E-state index in [9.17, 15) is 49.1 Å². The highest BCUT2D eigenvalue weighted by Gasteiger charge is 2.76. The molecule has 9 nitrogen and oxygen atoms in total. The van der Waals surface area contributed by atoms with E-state index in [-0.39, 0.29) is 35.6 Å². The predicted octanol–water partition coefficient (Wildman–Crippen LogP) is 1.83. The normalized spacial score (nSPS) is 26.8. The maximum atomic E-state index is 13.5. The zero-order valence-electron chi connectivity index (χ0n) is 19.3. The number of hydrogen-bond acceptors (Lipinski definition) is 8. The lowest BCUT2D eigenvalue weighted by atomic mass is 9.80. The van der Waals surface area contributed by atoms with Gasteiger partial charge in [-0.25, -0.2) is 4.79 Å². The van der Waals surface area contributed by atoms with Crippen LogP contribution < -0.4 is 4.74 Å². The summed E-state index contributed by atoms with van der Waals surface area (Å²) in [4.78, 5) is 37.7. The zero-order chi connectivity index (χ0) is 28.4. The minimum absolute atomic E-state index is 0.155. The van der Waals surface area contributed by atoms with Gasteiger partial charge in [-0.3, -0.25) is 14.1 Å². The van der Waals surface area contributed by atoms with Gasteiger partial charge in [0, 0.05) is 5.92 Å². The van der Waals surface area contributed by atoms with E-state index in [1.807, 2.05) is 0 Å². The zero-order valence-corrected chi connectivity index (χ0v) is 20.2. The van der Waals surface area contributed by atoms with E-state index in [1.165, 1.54) is 0 Å². The molecule has 3 fully saturated rings. The Hall–Kier alpha value is -2.82. The van der Waals surface area contributed by atoms with Crippen LogP contribution in [-0.4, -0.2) is 68.5 Å². The molecule has 2 aliphatic carbocycles. The van der Waals surface area contributed by atoms with Crippen molar-refractivity contribution >= 4 is 35.9 Å². The molecule has 1 heterocycles. The van der Waals surface area contributed by atoms with E-state index in [2.05, 4.69) is 4.74 Å². The maximum Gasteiger partial charge on any atom is 0.438 e. The largest absolute Gasteiger partial charge is 0.462 e. The van der Waals surface area contributed by atoms with Gasteiger partial charge in [0.15, 0.2) is 0 Å². The lowest BCUT2D eigenvalue weighted by Crippen LogP contribution is -2.63. The molecule has 0 spiro atoms. The number of hydrogen-bond donors (Lipinski definition) is 1. The van der Waals surface area contributed by atoms with Crippen LogP contribution in [0.3, 0.4) is 0 Å². The number of rotatable bonds is 7. The van der Waals surface area contributed by atoms with Crippen LogP contribution in [0.5, 0.6) is 5.75 Å². The molecule has 1 aromatic rings. The van der Waals surface area contributed by atoms with Crippen LogP contribution in [0.4, 0.5) is 26.3 Å². The second kappa shape index (κ2) is 9.14. The first-order valence-corrected chi connectivity index (χ1v) is 12.9. The van der Waals surface area contributed by atoms with Crippen LogP contribution in [0.1, 0.15) is 28.8 Å². The van der Waals surface area contributed by atoms with E-state index in [0.29, 0.717) is 18.9 Å². The second-order valence-electron chi connectivity index (χ2n) is 9.46. The predicted molar refractivity (Wildman–Crippen MR) is 114 cm³/mol. The van der Waals surface area contributed by atoms with Crippen molar-refractivity contribution in [3.63, 3.8) is 0 Å². The molecule has 208 valence electrons. The summed E-state index contributed by atoms with van der Waals surface area (Å²) in [5.74, 6) is -9.03. The Morgan fingerprint density at radius 1 is 1.11 bits per heavy atom. The molecule has 17 heteroatoms. The van der Waals surface area contributed by atoms with E-state index < -0.39 is 69.1 Å². The Bertz CT molecular complexity index is 1260. The van der Waals surface area contributed by atoms with Gasteiger partial charge >= 0.3 is 35.9 Å². The maximum absolute atomic E-state index is 13.5. The van der Waals surface area contributed by atoms with Crippen molar-refractivity contribution in [1.29, 1.82) is 0 Å². The number of carbonyl (C=O) groups excluding carboxylic acids is 3. The molecule has 1 aromatic carbocycles. The smallest absolute Gasteiger partial charge is 0.438 e.